The van der Waals surface area contributed by atoms with Crippen LogP contribution in [-0.2, 0) is 27.3 Å². The van der Waals surface area contributed by atoms with Crippen LogP contribution < -0.4 is 16.2 Å². The maximum Gasteiger partial charge on any atom is 0.255 e. The number of nitrogens with zero attached hydrogens (tertiary/aromatic N) is 1. The van der Waals surface area contributed by atoms with Crippen molar-refractivity contribution in [2.75, 3.05) is 21.2 Å². The first-order chi connectivity index (χ1) is 18.9. The molecule has 11 nitrogen and oxygen atoms in total. The standard InChI is InChI=1S/C29H31N3O8/c1-32(2)23-17-10-13-9-16-15(12-4-7-19(40-3)14(8-12)11-30)5-6-18(33)21(16)24(34)20(13)26(36)29(17,39)27(37)22(25(23)35)28(31)38/h4-8,13,17,23,33-34,37,39H,9-11,30H2,1-3H3,(H2,31,38). The summed E-state index contributed by atoms with van der Waals surface area (Å²) in [4.78, 5) is 40.8. The number of aliphatic hydroxyl groups is 3. The summed E-state index contributed by atoms with van der Waals surface area (Å²) in [5.74, 6) is -6.25. The van der Waals surface area contributed by atoms with Gasteiger partial charge in [-0.3, -0.25) is 19.3 Å². The van der Waals surface area contributed by atoms with Crippen LogP contribution in [0.2, 0.25) is 0 Å². The fourth-order valence-corrected chi connectivity index (χ4v) is 6.62. The van der Waals surface area contributed by atoms with E-state index in [1.54, 1.807) is 33.3 Å². The number of ketones is 2. The number of ether oxygens (including phenoxy) is 1. The maximum atomic E-state index is 14.0. The van der Waals surface area contributed by atoms with Crippen molar-refractivity contribution in [3.05, 3.63) is 63.9 Å². The number of rotatable bonds is 5. The van der Waals surface area contributed by atoms with Gasteiger partial charge in [0.1, 0.15) is 28.6 Å². The molecule has 4 unspecified atom stereocenters. The normalized spacial score (nSPS) is 26.0. The monoisotopic (exact) mass is 549 g/mol. The van der Waals surface area contributed by atoms with Gasteiger partial charge < -0.3 is 36.6 Å². The molecule has 210 valence electrons. The van der Waals surface area contributed by atoms with Crippen molar-refractivity contribution in [3.63, 3.8) is 0 Å². The van der Waals surface area contributed by atoms with Gasteiger partial charge >= 0.3 is 0 Å². The molecule has 2 aromatic carbocycles. The SMILES string of the molecule is COc1ccc(-c2ccc(O)c3c2CC2CC4C(N(C)C)C(=O)C(C(N)=O)=C(O)C4(O)C(=O)C2=C3O)cc1CN. The number of fused-ring (bicyclic) bond motifs is 3. The minimum absolute atomic E-state index is 0.0114. The molecule has 0 bridgehead atoms. The van der Waals surface area contributed by atoms with E-state index in [1.165, 1.54) is 11.0 Å². The fraction of sp³-hybridized carbons (Fsp3) is 0.345. The number of carbonyl (C=O) groups excluding carboxylic acids is 3. The average Bonchev–Trinajstić information content (AvgIpc) is 2.90. The first-order valence-electron chi connectivity index (χ1n) is 12.7. The number of hydrogen-bond donors (Lipinski definition) is 6. The molecule has 0 heterocycles. The van der Waals surface area contributed by atoms with Crippen molar-refractivity contribution in [3.8, 4) is 22.6 Å². The Morgan fingerprint density at radius 2 is 1.85 bits per heavy atom. The summed E-state index contributed by atoms with van der Waals surface area (Å²) in [7, 11) is 4.66. The molecule has 0 aromatic heterocycles. The number of methoxy groups -OCH3 is 1. The molecule has 40 heavy (non-hydrogen) atoms. The van der Waals surface area contributed by atoms with Crippen molar-refractivity contribution in [2.24, 2.45) is 23.3 Å². The zero-order valence-corrected chi connectivity index (χ0v) is 22.3. The summed E-state index contributed by atoms with van der Waals surface area (Å²) >= 11 is 0. The van der Waals surface area contributed by atoms with E-state index >= 15 is 0 Å². The van der Waals surface area contributed by atoms with Gasteiger partial charge in [0.15, 0.2) is 11.4 Å². The van der Waals surface area contributed by atoms with Crippen LogP contribution >= 0.6 is 0 Å². The van der Waals surface area contributed by atoms with Crippen molar-refractivity contribution in [2.45, 2.75) is 31.0 Å². The predicted octanol–water partition coefficient (Wildman–Crippen LogP) is 1.10. The number of amides is 1. The molecule has 3 aliphatic rings. The molecule has 1 amide bonds. The lowest BCUT2D eigenvalue weighted by Crippen LogP contribution is -2.65. The second kappa shape index (κ2) is 9.47. The summed E-state index contributed by atoms with van der Waals surface area (Å²) < 4.78 is 5.37. The number of hydrogen-bond acceptors (Lipinski definition) is 10. The predicted molar refractivity (Wildman–Crippen MR) is 144 cm³/mol. The van der Waals surface area contributed by atoms with Crippen LogP contribution in [0.3, 0.4) is 0 Å². The highest BCUT2D eigenvalue weighted by atomic mass is 16.5. The first kappa shape index (κ1) is 27.4. The Bertz CT molecular complexity index is 1540. The molecule has 11 heteroatoms. The number of primary amides is 1. The van der Waals surface area contributed by atoms with E-state index in [0.717, 1.165) is 11.1 Å². The van der Waals surface area contributed by atoms with Crippen LogP contribution in [0.15, 0.2) is 47.2 Å². The van der Waals surface area contributed by atoms with E-state index in [-0.39, 0.29) is 36.3 Å². The van der Waals surface area contributed by atoms with Gasteiger partial charge in [0.2, 0.25) is 5.78 Å². The summed E-state index contributed by atoms with van der Waals surface area (Å²) in [5.41, 5.74) is 10.3. The number of phenolic OH excluding ortho intramolecular Hbond substituents is 1. The Labute approximate surface area is 230 Å². The molecule has 8 N–H and O–H groups in total. The van der Waals surface area contributed by atoms with Gasteiger partial charge in [-0.2, -0.15) is 0 Å². The second-order valence-corrected chi connectivity index (χ2v) is 10.7. The van der Waals surface area contributed by atoms with Gasteiger partial charge in [-0.15, -0.1) is 0 Å². The quantitative estimate of drug-likeness (QED) is 0.294. The summed E-state index contributed by atoms with van der Waals surface area (Å²) in [6.07, 6.45) is 0.194. The lowest BCUT2D eigenvalue weighted by molar-refractivity contribution is -0.153. The van der Waals surface area contributed by atoms with E-state index in [1.807, 2.05) is 12.1 Å². The topological polar surface area (TPSA) is 197 Å². The van der Waals surface area contributed by atoms with Crippen molar-refractivity contribution in [1.82, 2.24) is 4.90 Å². The van der Waals surface area contributed by atoms with E-state index in [9.17, 15) is 34.8 Å². The van der Waals surface area contributed by atoms with Gasteiger partial charge in [-0.05, 0) is 67.7 Å². The molecule has 4 atom stereocenters. The van der Waals surface area contributed by atoms with Gasteiger partial charge in [0.05, 0.1) is 18.7 Å². The van der Waals surface area contributed by atoms with Crippen molar-refractivity contribution < 1.29 is 39.5 Å². The van der Waals surface area contributed by atoms with E-state index in [2.05, 4.69) is 0 Å². The molecule has 3 aliphatic carbocycles. The van der Waals surface area contributed by atoms with E-state index in [4.69, 9.17) is 16.2 Å². The van der Waals surface area contributed by atoms with Gasteiger partial charge in [0, 0.05) is 23.6 Å². The van der Waals surface area contributed by atoms with Crippen LogP contribution in [0, 0.1) is 11.8 Å². The number of benzene rings is 2. The molecule has 1 saturated carbocycles. The zero-order chi connectivity index (χ0) is 29.3. The lowest BCUT2D eigenvalue weighted by atomic mass is 9.57. The van der Waals surface area contributed by atoms with Crippen LogP contribution in [0.25, 0.3) is 16.9 Å². The number of phenols is 1. The van der Waals surface area contributed by atoms with Crippen LogP contribution in [0.5, 0.6) is 11.5 Å². The molecule has 1 fully saturated rings. The zero-order valence-electron chi connectivity index (χ0n) is 22.3. The van der Waals surface area contributed by atoms with Gasteiger partial charge in [-0.1, -0.05) is 12.1 Å². The fourth-order valence-electron chi connectivity index (χ4n) is 6.62. The summed E-state index contributed by atoms with van der Waals surface area (Å²) in [6.45, 7) is 0.217. The third-order valence-electron chi connectivity index (χ3n) is 8.42. The third kappa shape index (κ3) is 3.65. The minimum Gasteiger partial charge on any atom is -0.508 e. The number of aromatic hydroxyl groups is 1. The van der Waals surface area contributed by atoms with Crippen LogP contribution in [0.1, 0.15) is 23.1 Å². The Balaban J connectivity index is 1.72. The summed E-state index contributed by atoms with van der Waals surface area (Å²) in [6, 6.07) is 7.40. The van der Waals surface area contributed by atoms with E-state index in [0.29, 0.717) is 16.9 Å². The smallest absolute Gasteiger partial charge is 0.255 e. The number of nitrogens with two attached hydrogens (primary N) is 2. The third-order valence-corrected chi connectivity index (χ3v) is 8.42. The highest BCUT2D eigenvalue weighted by Crippen LogP contribution is 2.53. The van der Waals surface area contributed by atoms with Crippen LogP contribution in [0.4, 0.5) is 0 Å². The van der Waals surface area contributed by atoms with Gasteiger partial charge in [-0.25, -0.2) is 0 Å². The number of carbonyl (C=O) groups is 3. The molecular formula is C29H31N3O8. The Hall–Kier alpha value is -4.19. The molecule has 0 spiro atoms. The first-order valence-corrected chi connectivity index (χ1v) is 12.7. The highest BCUT2D eigenvalue weighted by Gasteiger charge is 2.64. The van der Waals surface area contributed by atoms with Gasteiger partial charge in [0.25, 0.3) is 5.91 Å². The molecule has 0 aliphatic heterocycles. The molecule has 0 saturated heterocycles. The van der Waals surface area contributed by atoms with Crippen LogP contribution in [-0.4, -0.2) is 75.6 Å². The minimum atomic E-state index is -2.68. The summed E-state index contributed by atoms with van der Waals surface area (Å²) in [5, 5.41) is 44.9. The Morgan fingerprint density at radius 3 is 2.45 bits per heavy atom. The average molecular weight is 550 g/mol. The van der Waals surface area contributed by atoms with Crippen molar-refractivity contribution in [1.29, 1.82) is 0 Å². The molecule has 0 radical (unpaired) electrons. The van der Waals surface area contributed by atoms with E-state index < -0.39 is 58.0 Å². The maximum absolute atomic E-state index is 14.0. The number of aliphatic hydroxyl groups excluding tert-OH is 2. The Morgan fingerprint density at radius 1 is 1.15 bits per heavy atom. The lowest BCUT2D eigenvalue weighted by Gasteiger charge is -2.50. The highest BCUT2D eigenvalue weighted by molar-refractivity contribution is 6.24. The molecular weight excluding hydrogens is 518 g/mol. The Kier molecular flexibility index (Phi) is 6.48. The molecule has 5 rings (SSSR count). The molecule has 2 aromatic rings. The largest absolute Gasteiger partial charge is 0.508 e. The second-order valence-electron chi connectivity index (χ2n) is 10.7. The van der Waals surface area contributed by atoms with Crippen molar-refractivity contribution >= 4 is 23.2 Å². The number of Topliss-reactive ketones (excluding diaryl/α,β-unsaturated/α-hetero) is 2. The number of likely N-dealkylation sites (N-methyl/N-ethyl adjacent to an activating group) is 1.